The van der Waals surface area contributed by atoms with Crippen molar-refractivity contribution in [2.24, 2.45) is 0 Å². The fourth-order valence-corrected chi connectivity index (χ4v) is 12.0. The molecule has 0 fully saturated rings. The predicted octanol–water partition coefficient (Wildman–Crippen LogP) is 1.30. The summed E-state index contributed by atoms with van der Waals surface area (Å²) in [6, 6.07) is 36.1. The number of benzene rings is 4. The molecule has 0 spiro atoms. The fraction of sp³-hybridized carbons (Fsp3) is 0.143. The van der Waals surface area contributed by atoms with Gasteiger partial charge < -0.3 is 0 Å². The van der Waals surface area contributed by atoms with Gasteiger partial charge in [-0.05, 0) is 27.7 Å². The van der Waals surface area contributed by atoms with Crippen LogP contribution in [0.1, 0.15) is 22.3 Å². The molecule has 144 valence electrons. The van der Waals surface area contributed by atoms with Gasteiger partial charge in [-0.1, -0.05) is 95.1 Å². The van der Waals surface area contributed by atoms with Gasteiger partial charge in [-0.15, -0.1) is 24.3 Å². The molecule has 0 N–H and O–H groups in total. The minimum Gasteiger partial charge on any atom is -0.215 e. The van der Waals surface area contributed by atoms with Crippen LogP contribution in [0.25, 0.3) is 0 Å². The van der Waals surface area contributed by atoms with E-state index in [4.69, 9.17) is 0 Å². The first-order valence-electron chi connectivity index (χ1n) is 10.5. The third-order valence-corrected chi connectivity index (χ3v) is 12.9. The maximum Gasteiger partial charge on any atom is 1.00 e. The van der Waals surface area contributed by atoms with E-state index in [2.05, 4.69) is 125 Å². The van der Waals surface area contributed by atoms with Crippen LogP contribution in [0, 0.1) is 27.7 Å². The van der Waals surface area contributed by atoms with Crippen LogP contribution < -0.4 is 36.6 Å². The van der Waals surface area contributed by atoms with E-state index in [0.717, 1.165) is 0 Å². The maximum atomic E-state index is 2.38. The molecule has 0 bridgehead atoms. The maximum absolute atomic E-state index is 2.90. The van der Waals surface area contributed by atoms with Crippen molar-refractivity contribution in [3.8, 4) is 0 Å². The van der Waals surface area contributed by atoms with Crippen LogP contribution in [0.15, 0.2) is 97.1 Å². The monoisotopic (exact) mass is 398 g/mol. The summed E-state index contributed by atoms with van der Waals surface area (Å²) in [6.07, 6.45) is 0. The van der Waals surface area contributed by atoms with Gasteiger partial charge in [-0.25, -0.2) is 17.7 Å². The van der Waals surface area contributed by atoms with Crippen LogP contribution >= 0.6 is 0 Å². The van der Waals surface area contributed by atoms with Crippen molar-refractivity contribution in [3.63, 3.8) is 0 Å². The number of hydrogen-bond acceptors (Lipinski definition) is 0. The van der Waals surface area contributed by atoms with Gasteiger partial charge >= 0.3 is 18.9 Å². The van der Waals surface area contributed by atoms with E-state index < -0.39 is 13.1 Å². The number of rotatable bonds is 4. The fourth-order valence-electron chi connectivity index (χ4n) is 5.30. The molecule has 0 unspecified atom stereocenters. The second-order valence-electron chi connectivity index (χ2n) is 8.29. The first-order chi connectivity index (χ1) is 14.1. The van der Waals surface area contributed by atoms with Gasteiger partial charge in [-0.3, -0.25) is 0 Å². The summed E-state index contributed by atoms with van der Waals surface area (Å²) < 4.78 is 6.05. The molecule has 0 aliphatic heterocycles. The van der Waals surface area contributed by atoms with Crippen LogP contribution in [0.5, 0.6) is 0 Å². The van der Waals surface area contributed by atoms with Crippen molar-refractivity contribution in [1.82, 2.24) is 0 Å². The second-order valence-corrected chi connectivity index (χ2v) is 12.5. The number of hydrogen-bond donors (Lipinski definition) is 0. The van der Waals surface area contributed by atoms with Crippen molar-refractivity contribution in [2.45, 2.75) is 27.7 Å². The van der Waals surface area contributed by atoms with Crippen LogP contribution in [0.3, 0.4) is 0 Å². The molecule has 0 heterocycles. The molecular formula is C28H28AlLi. The zero-order valence-electron chi connectivity index (χ0n) is 18.8. The Balaban J connectivity index is 0.00000256. The molecule has 0 saturated heterocycles. The molecule has 4 aromatic carbocycles. The molecule has 4 rings (SSSR count). The molecule has 0 saturated carbocycles. The largest absolute Gasteiger partial charge is 1.00 e. The average molecular weight is 398 g/mol. The molecule has 0 aliphatic carbocycles. The Hall–Kier alpha value is -1.99. The van der Waals surface area contributed by atoms with Crippen molar-refractivity contribution in [1.29, 1.82) is 0 Å². The summed E-state index contributed by atoms with van der Waals surface area (Å²) in [6.45, 7) is 9.11. The van der Waals surface area contributed by atoms with Gasteiger partial charge in [0, 0.05) is 0 Å². The van der Waals surface area contributed by atoms with E-state index in [9.17, 15) is 0 Å². The van der Waals surface area contributed by atoms with Crippen LogP contribution in [-0.2, 0) is 0 Å². The Bertz CT molecular complexity index is 975. The van der Waals surface area contributed by atoms with Gasteiger partial charge in [0.15, 0.2) is 0 Å². The summed E-state index contributed by atoms with van der Waals surface area (Å²) in [5.74, 6) is 0. The van der Waals surface area contributed by atoms with E-state index in [1.165, 1.54) is 40.0 Å². The van der Waals surface area contributed by atoms with E-state index in [0.29, 0.717) is 0 Å². The summed E-state index contributed by atoms with van der Waals surface area (Å²) in [4.78, 5) is 0. The predicted molar refractivity (Wildman–Crippen MR) is 129 cm³/mol. The zero-order valence-corrected chi connectivity index (χ0v) is 20.0. The first-order valence-corrected chi connectivity index (χ1v) is 12.8. The standard InChI is InChI=1S/4C7H7.Al.Li/c4*1-7-5-3-2-4-6-7;;/h4*2-5H,1H3;;/q;;;;-1;+1. The quantitative estimate of drug-likeness (QED) is 0.455. The van der Waals surface area contributed by atoms with Crippen molar-refractivity contribution in [3.05, 3.63) is 119 Å². The Morgan fingerprint density at radius 1 is 0.367 bits per heavy atom. The van der Waals surface area contributed by atoms with Gasteiger partial charge in [0.2, 0.25) is 0 Å². The molecular weight excluding hydrogens is 370 g/mol. The summed E-state index contributed by atoms with van der Waals surface area (Å²) >= 11 is -2.90. The average Bonchev–Trinajstić information content (AvgIpc) is 2.73. The Labute approximate surface area is 195 Å². The zero-order chi connectivity index (χ0) is 20.4. The summed E-state index contributed by atoms with van der Waals surface area (Å²) in [5, 5.41) is 0. The van der Waals surface area contributed by atoms with Crippen molar-refractivity contribution in [2.75, 3.05) is 0 Å². The molecule has 0 amide bonds. The minimum absolute atomic E-state index is 0. The Morgan fingerprint density at radius 3 is 0.767 bits per heavy atom. The molecule has 0 aromatic heterocycles. The first kappa shape index (κ1) is 22.7. The summed E-state index contributed by atoms with van der Waals surface area (Å²) in [7, 11) is 0. The number of aryl methyl sites for hydroxylation is 4. The molecule has 2 heteroatoms. The SMILES string of the molecule is Cc1cccc[c]1[Al-]([c]1ccccc1C)([c]1ccccc1C)[c]1ccccc1C.[Li+]. The minimum atomic E-state index is -2.90. The summed E-state index contributed by atoms with van der Waals surface area (Å²) in [5.41, 5.74) is 5.53. The van der Waals surface area contributed by atoms with E-state index in [1.807, 2.05) is 0 Å². The molecule has 0 aliphatic rings. The Morgan fingerprint density at radius 2 is 0.567 bits per heavy atom. The smallest absolute Gasteiger partial charge is 0.215 e. The van der Waals surface area contributed by atoms with E-state index in [1.54, 1.807) is 0 Å². The van der Waals surface area contributed by atoms with E-state index in [-0.39, 0.29) is 18.9 Å². The van der Waals surface area contributed by atoms with Crippen LogP contribution in [0.4, 0.5) is 0 Å². The Kier molecular flexibility index (Phi) is 7.14. The molecule has 0 radical (unpaired) electrons. The van der Waals surface area contributed by atoms with Gasteiger partial charge in [-0.2, -0.15) is 0 Å². The van der Waals surface area contributed by atoms with Crippen molar-refractivity contribution < 1.29 is 18.9 Å². The molecule has 0 atom stereocenters. The van der Waals surface area contributed by atoms with Crippen molar-refractivity contribution >= 4 is 30.8 Å². The third kappa shape index (κ3) is 3.73. The topological polar surface area (TPSA) is 0 Å². The van der Waals surface area contributed by atoms with E-state index >= 15 is 0 Å². The second kappa shape index (κ2) is 9.43. The molecule has 30 heavy (non-hydrogen) atoms. The van der Waals surface area contributed by atoms with Gasteiger partial charge in [0.05, 0.1) is 0 Å². The van der Waals surface area contributed by atoms with Gasteiger partial charge in [0.25, 0.3) is 13.1 Å². The molecule has 4 aromatic rings. The van der Waals surface area contributed by atoms with Crippen LogP contribution in [-0.4, -0.2) is 13.1 Å². The van der Waals surface area contributed by atoms with Crippen LogP contribution in [0.2, 0.25) is 0 Å². The normalized spacial score (nSPS) is 11.1. The van der Waals surface area contributed by atoms with Gasteiger partial charge in [0.1, 0.15) is 0 Å². The molecule has 0 nitrogen and oxygen atoms in total. The third-order valence-electron chi connectivity index (χ3n) is 6.62.